The molecule has 1 heterocycles. The number of nitrogens with zero attached hydrogens (tertiary/aromatic N) is 2. The molecule has 2 unspecified atom stereocenters. The second kappa shape index (κ2) is 3.92. The number of esters is 1. The molecule has 1 aromatic rings. The van der Waals surface area contributed by atoms with Gasteiger partial charge < -0.3 is 9.26 Å². The standard InChI is InChI=1S/C9H10N2O5/c1-5-2-6(16-10-5)4-15-9(12)7-3-8(7)11(13)14/h2,7-8H,3-4H2,1H3. The molecule has 1 aliphatic rings. The minimum Gasteiger partial charge on any atom is -0.457 e. The van der Waals surface area contributed by atoms with Crippen LogP contribution < -0.4 is 0 Å². The van der Waals surface area contributed by atoms with Gasteiger partial charge in [-0.1, -0.05) is 5.16 Å². The number of carbonyl (C=O) groups excluding carboxylic acids is 1. The van der Waals surface area contributed by atoms with Crippen molar-refractivity contribution in [2.24, 2.45) is 5.92 Å². The fourth-order valence-electron chi connectivity index (χ4n) is 1.40. The van der Waals surface area contributed by atoms with Crippen LogP contribution in [0.3, 0.4) is 0 Å². The molecule has 0 amide bonds. The first-order valence-corrected chi connectivity index (χ1v) is 4.80. The van der Waals surface area contributed by atoms with Crippen LogP contribution in [0.1, 0.15) is 17.9 Å². The molecule has 0 aliphatic heterocycles. The average molecular weight is 226 g/mol. The molecule has 0 saturated heterocycles. The van der Waals surface area contributed by atoms with E-state index in [0.717, 1.165) is 0 Å². The van der Waals surface area contributed by atoms with Gasteiger partial charge in [-0.3, -0.25) is 14.9 Å². The highest BCUT2D eigenvalue weighted by molar-refractivity contribution is 5.76. The van der Waals surface area contributed by atoms with Gasteiger partial charge in [-0.15, -0.1) is 0 Å². The van der Waals surface area contributed by atoms with Crippen molar-refractivity contribution in [1.82, 2.24) is 5.16 Å². The van der Waals surface area contributed by atoms with Crippen LogP contribution in [-0.2, 0) is 16.1 Å². The van der Waals surface area contributed by atoms with E-state index in [-0.39, 0.29) is 13.0 Å². The van der Waals surface area contributed by atoms with Gasteiger partial charge in [0, 0.05) is 17.4 Å². The molecule has 2 atom stereocenters. The van der Waals surface area contributed by atoms with Crippen molar-refractivity contribution >= 4 is 5.97 Å². The summed E-state index contributed by atoms with van der Waals surface area (Å²) in [5, 5.41) is 13.9. The largest absolute Gasteiger partial charge is 0.457 e. The molecule has 86 valence electrons. The monoisotopic (exact) mass is 226 g/mol. The molecular formula is C9H10N2O5. The van der Waals surface area contributed by atoms with Crippen LogP contribution in [0.5, 0.6) is 0 Å². The Kier molecular flexibility index (Phi) is 2.59. The number of hydrogen-bond donors (Lipinski definition) is 0. The molecule has 2 rings (SSSR count). The summed E-state index contributed by atoms with van der Waals surface area (Å²) in [5.41, 5.74) is 0.695. The molecule has 16 heavy (non-hydrogen) atoms. The zero-order valence-corrected chi connectivity index (χ0v) is 8.58. The van der Waals surface area contributed by atoms with Crippen molar-refractivity contribution in [1.29, 1.82) is 0 Å². The number of aryl methyl sites for hydroxylation is 1. The topological polar surface area (TPSA) is 95.5 Å². The Bertz CT molecular complexity index is 427. The molecule has 7 nitrogen and oxygen atoms in total. The fraction of sp³-hybridized carbons (Fsp3) is 0.556. The van der Waals surface area contributed by atoms with E-state index >= 15 is 0 Å². The molecule has 1 fully saturated rings. The third-order valence-corrected chi connectivity index (χ3v) is 2.36. The third-order valence-electron chi connectivity index (χ3n) is 2.36. The number of ether oxygens (including phenoxy) is 1. The van der Waals surface area contributed by atoms with Crippen molar-refractivity contribution in [2.75, 3.05) is 0 Å². The molecule has 0 N–H and O–H groups in total. The van der Waals surface area contributed by atoms with E-state index in [0.29, 0.717) is 11.5 Å². The van der Waals surface area contributed by atoms with Gasteiger partial charge in [-0.2, -0.15) is 0 Å². The minimum absolute atomic E-state index is 0.0272. The Morgan fingerprint density at radius 1 is 1.81 bits per heavy atom. The molecule has 0 aromatic carbocycles. The van der Waals surface area contributed by atoms with Crippen molar-refractivity contribution in [3.8, 4) is 0 Å². The summed E-state index contributed by atoms with van der Waals surface area (Å²) < 4.78 is 9.70. The maximum Gasteiger partial charge on any atom is 0.316 e. The van der Waals surface area contributed by atoms with E-state index in [4.69, 9.17) is 9.26 Å². The summed E-state index contributed by atoms with van der Waals surface area (Å²) in [7, 11) is 0. The van der Waals surface area contributed by atoms with Gasteiger partial charge in [-0.25, -0.2) is 0 Å². The zero-order valence-electron chi connectivity index (χ0n) is 8.58. The van der Waals surface area contributed by atoms with Crippen molar-refractivity contribution in [2.45, 2.75) is 26.0 Å². The van der Waals surface area contributed by atoms with Gasteiger partial charge in [0.2, 0.25) is 6.04 Å². The number of nitro groups is 1. The molecule has 0 bridgehead atoms. The van der Waals surface area contributed by atoms with E-state index in [1.807, 2.05) is 0 Å². The molecule has 1 aromatic heterocycles. The summed E-state index contributed by atoms with van der Waals surface area (Å²) in [5.74, 6) is -0.709. The summed E-state index contributed by atoms with van der Waals surface area (Å²) >= 11 is 0. The van der Waals surface area contributed by atoms with Crippen molar-refractivity contribution in [3.63, 3.8) is 0 Å². The first-order valence-electron chi connectivity index (χ1n) is 4.80. The van der Waals surface area contributed by atoms with Crippen LogP contribution in [0.25, 0.3) is 0 Å². The number of hydrogen-bond acceptors (Lipinski definition) is 6. The van der Waals surface area contributed by atoms with Gasteiger partial charge in [0.15, 0.2) is 12.4 Å². The van der Waals surface area contributed by atoms with E-state index in [2.05, 4.69) is 5.16 Å². The Morgan fingerprint density at radius 2 is 2.56 bits per heavy atom. The van der Waals surface area contributed by atoms with Crippen molar-refractivity contribution in [3.05, 3.63) is 27.6 Å². The maximum atomic E-state index is 11.3. The van der Waals surface area contributed by atoms with Crippen LogP contribution in [0, 0.1) is 23.0 Å². The van der Waals surface area contributed by atoms with Crippen LogP contribution in [0.2, 0.25) is 0 Å². The van der Waals surface area contributed by atoms with E-state index in [1.165, 1.54) is 0 Å². The smallest absolute Gasteiger partial charge is 0.316 e. The lowest BCUT2D eigenvalue weighted by Crippen LogP contribution is -2.13. The van der Waals surface area contributed by atoms with Gasteiger partial charge in [0.05, 0.1) is 5.69 Å². The van der Waals surface area contributed by atoms with E-state index in [9.17, 15) is 14.9 Å². The summed E-state index contributed by atoms with van der Waals surface area (Å²) in [6.07, 6.45) is 0.265. The lowest BCUT2D eigenvalue weighted by Gasteiger charge is -1.99. The molecular weight excluding hydrogens is 216 g/mol. The third kappa shape index (κ3) is 2.18. The van der Waals surface area contributed by atoms with Crippen LogP contribution in [-0.4, -0.2) is 22.1 Å². The Morgan fingerprint density at radius 3 is 3.06 bits per heavy atom. The zero-order chi connectivity index (χ0) is 11.7. The van der Waals surface area contributed by atoms with Gasteiger partial charge >= 0.3 is 5.97 Å². The summed E-state index contributed by atoms with van der Waals surface area (Å²) in [4.78, 5) is 21.2. The van der Waals surface area contributed by atoms with Gasteiger partial charge in [-0.05, 0) is 6.92 Å². The average Bonchev–Trinajstić information content (AvgIpc) is 2.93. The van der Waals surface area contributed by atoms with Crippen LogP contribution in [0.15, 0.2) is 10.6 Å². The highest BCUT2D eigenvalue weighted by atomic mass is 16.6. The van der Waals surface area contributed by atoms with E-state index < -0.39 is 22.9 Å². The first kappa shape index (κ1) is 10.6. The molecule has 7 heteroatoms. The maximum absolute atomic E-state index is 11.3. The number of aromatic nitrogens is 1. The second-order valence-corrected chi connectivity index (χ2v) is 3.74. The Hall–Kier alpha value is -1.92. The second-order valence-electron chi connectivity index (χ2n) is 3.74. The Balaban J connectivity index is 1.79. The van der Waals surface area contributed by atoms with Crippen molar-refractivity contribution < 1.29 is 19.0 Å². The lowest BCUT2D eigenvalue weighted by atomic mass is 10.4. The quantitative estimate of drug-likeness (QED) is 0.425. The minimum atomic E-state index is -0.774. The molecule has 1 saturated carbocycles. The first-order chi connectivity index (χ1) is 7.58. The molecule has 1 aliphatic carbocycles. The highest BCUT2D eigenvalue weighted by Crippen LogP contribution is 2.34. The fourth-order valence-corrected chi connectivity index (χ4v) is 1.40. The summed E-state index contributed by atoms with van der Waals surface area (Å²) in [6, 6.07) is 0.870. The number of rotatable bonds is 4. The lowest BCUT2D eigenvalue weighted by molar-refractivity contribution is -0.497. The highest BCUT2D eigenvalue weighted by Gasteiger charge is 2.54. The predicted molar refractivity (Wildman–Crippen MR) is 49.9 cm³/mol. The molecule has 0 radical (unpaired) electrons. The SMILES string of the molecule is Cc1cc(COC(=O)C2CC2[N+](=O)[O-])on1. The molecule has 0 spiro atoms. The van der Waals surface area contributed by atoms with Gasteiger partial charge in [0.25, 0.3) is 0 Å². The predicted octanol–water partition coefficient (Wildman–Crippen LogP) is 0.691. The van der Waals surface area contributed by atoms with E-state index in [1.54, 1.807) is 13.0 Å². The Labute approximate surface area is 90.5 Å². The normalized spacial score (nSPS) is 22.8. The number of carbonyl (C=O) groups is 1. The van der Waals surface area contributed by atoms with Gasteiger partial charge in [0.1, 0.15) is 5.92 Å². The van der Waals surface area contributed by atoms with Crippen LogP contribution in [0.4, 0.5) is 0 Å². The summed E-state index contributed by atoms with van der Waals surface area (Å²) in [6.45, 7) is 1.72. The van der Waals surface area contributed by atoms with Crippen LogP contribution >= 0.6 is 0 Å².